The number of ether oxygens (including phenoxy) is 1. The van der Waals surface area contributed by atoms with Crippen molar-refractivity contribution in [1.82, 2.24) is 10.2 Å². The maximum absolute atomic E-state index is 12.4. The Bertz CT molecular complexity index is 708. The van der Waals surface area contributed by atoms with Gasteiger partial charge in [0.2, 0.25) is 5.91 Å². The summed E-state index contributed by atoms with van der Waals surface area (Å²) in [5.74, 6) is 0.323. The van der Waals surface area contributed by atoms with Gasteiger partial charge in [-0.1, -0.05) is 24.8 Å². The summed E-state index contributed by atoms with van der Waals surface area (Å²) in [5.41, 5.74) is 0.964. The molecule has 1 heterocycles. The van der Waals surface area contributed by atoms with Crippen LogP contribution in [0.2, 0.25) is 0 Å². The Morgan fingerprint density at radius 3 is 2.64 bits per heavy atom. The topological polar surface area (TPSA) is 71.8 Å². The van der Waals surface area contributed by atoms with Crippen molar-refractivity contribution >= 4 is 11.8 Å². The highest BCUT2D eigenvalue weighted by Gasteiger charge is 2.21. The molecule has 2 rings (SSSR count). The van der Waals surface area contributed by atoms with Crippen LogP contribution in [0.25, 0.3) is 0 Å². The van der Waals surface area contributed by atoms with Crippen LogP contribution in [0.5, 0.6) is 5.75 Å². The third-order valence-corrected chi connectivity index (χ3v) is 3.55. The largest absolute Gasteiger partial charge is 0.490 e. The molecule has 0 saturated carbocycles. The summed E-state index contributed by atoms with van der Waals surface area (Å²) < 4.78 is 10.4. The zero-order valence-electron chi connectivity index (χ0n) is 14.4. The van der Waals surface area contributed by atoms with Crippen molar-refractivity contribution in [2.75, 3.05) is 13.7 Å². The number of nitrogens with one attached hydrogen (secondary N) is 1. The van der Waals surface area contributed by atoms with Crippen molar-refractivity contribution in [3.63, 3.8) is 0 Å². The monoisotopic (exact) mass is 342 g/mol. The van der Waals surface area contributed by atoms with E-state index in [4.69, 9.17) is 9.15 Å². The number of hydrogen-bond acceptors (Lipinski definition) is 4. The van der Waals surface area contributed by atoms with Gasteiger partial charge in [0, 0.05) is 13.6 Å². The molecule has 2 amide bonds. The molecular weight excluding hydrogens is 320 g/mol. The molecular formula is C19H22N2O4. The first-order valence-corrected chi connectivity index (χ1v) is 7.93. The van der Waals surface area contributed by atoms with Gasteiger partial charge in [0.05, 0.1) is 6.26 Å². The summed E-state index contributed by atoms with van der Waals surface area (Å²) in [6.45, 7) is 6.13. The first-order chi connectivity index (χ1) is 12.0. The van der Waals surface area contributed by atoms with Crippen LogP contribution in [-0.2, 0) is 11.3 Å². The summed E-state index contributed by atoms with van der Waals surface area (Å²) in [5, 5.41) is 2.63. The van der Waals surface area contributed by atoms with Gasteiger partial charge in [0.15, 0.2) is 5.76 Å². The Kier molecular flexibility index (Phi) is 6.39. The van der Waals surface area contributed by atoms with E-state index in [0.29, 0.717) is 13.2 Å². The Morgan fingerprint density at radius 1 is 1.32 bits per heavy atom. The standard InChI is InChI=1S/C19H22N2O4/c1-4-11-24-16-9-7-15(8-10-16)13-21(3)19(23)14(2)20-18(22)17-6-5-12-25-17/h4-10,12,14H,1,11,13H2,2-3H3,(H,20,22)/t14-/m0/s1. The predicted octanol–water partition coefficient (Wildman–Crippen LogP) is 2.62. The molecule has 0 aliphatic carbocycles. The fraction of sp³-hybridized carbons (Fsp3) is 0.263. The van der Waals surface area contributed by atoms with Gasteiger partial charge in [0.1, 0.15) is 18.4 Å². The Morgan fingerprint density at radius 2 is 2.04 bits per heavy atom. The molecule has 0 unspecified atom stereocenters. The number of benzene rings is 1. The van der Waals surface area contributed by atoms with Crippen molar-refractivity contribution in [2.24, 2.45) is 0 Å². The number of furan rings is 1. The molecule has 1 aromatic heterocycles. The van der Waals surface area contributed by atoms with Crippen molar-refractivity contribution < 1.29 is 18.7 Å². The molecule has 6 nitrogen and oxygen atoms in total. The fourth-order valence-electron chi connectivity index (χ4n) is 2.27. The average molecular weight is 342 g/mol. The lowest BCUT2D eigenvalue weighted by atomic mass is 10.2. The quantitative estimate of drug-likeness (QED) is 0.749. The van der Waals surface area contributed by atoms with Gasteiger partial charge >= 0.3 is 0 Å². The van der Waals surface area contributed by atoms with E-state index in [1.165, 1.54) is 6.26 Å². The molecule has 0 spiro atoms. The van der Waals surface area contributed by atoms with E-state index in [-0.39, 0.29) is 11.7 Å². The summed E-state index contributed by atoms with van der Waals surface area (Å²) in [6, 6.07) is 10.0. The fourth-order valence-corrected chi connectivity index (χ4v) is 2.27. The molecule has 0 aliphatic rings. The van der Waals surface area contributed by atoms with Gasteiger partial charge in [0.25, 0.3) is 5.91 Å². The van der Waals surface area contributed by atoms with E-state index in [1.54, 1.807) is 37.1 Å². The lowest BCUT2D eigenvalue weighted by molar-refractivity contribution is -0.132. The minimum absolute atomic E-state index is 0.178. The lowest BCUT2D eigenvalue weighted by Gasteiger charge is -2.22. The van der Waals surface area contributed by atoms with Gasteiger partial charge in [-0.05, 0) is 36.8 Å². The zero-order chi connectivity index (χ0) is 18.2. The molecule has 0 radical (unpaired) electrons. The number of hydrogen-bond donors (Lipinski definition) is 1. The Labute approximate surface area is 147 Å². The van der Waals surface area contributed by atoms with Gasteiger partial charge in [-0.25, -0.2) is 0 Å². The van der Waals surface area contributed by atoms with E-state index in [0.717, 1.165) is 11.3 Å². The second-order valence-corrected chi connectivity index (χ2v) is 5.61. The number of rotatable bonds is 8. The van der Waals surface area contributed by atoms with E-state index in [2.05, 4.69) is 11.9 Å². The Hall–Kier alpha value is -3.02. The maximum Gasteiger partial charge on any atom is 0.287 e. The van der Waals surface area contributed by atoms with Gasteiger partial charge in [-0.3, -0.25) is 9.59 Å². The zero-order valence-corrected chi connectivity index (χ0v) is 14.4. The SMILES string of the molecule is C=CCOc1ccc(CN(C)C(=O)[C@H](C)NC(=O)c2ccco2)cc1. The third-order valence-electron chi connectivity index (χ3n) is 3.55. The van der Waals surface area contributed by atoms with Crippen molar-refractivity contribution in [2.45, 2.75) is 19.5 Å². The van der Waals surface area contributed by atoms with Crippen molar-refractivity contribution in [3.05, 3.63) is 66.6 Å². The molecule has 0 bridgehead atoms. The number of nitrogens with zero attached hydrogens (tertiary/aromatic N) is 1. The summed E-state index contributed by atoms with van der Waals surface area (Å²) >= 11 is 0. The van der Waals surface area contributed by atoms with Gasteiger partial charge in [-0.15, -0.1) is 0 Å². The molecule has 132 valence electrons. The number of likely N-dealkylation sites (N-methyl/N-ethyl adjacent to an activating group) is 1. The van der Waals surface area contributed by atoms with Crippen LogP contribution >= 0.6 is 0 Å². The molecule has 0 saturated heterocycles. The minimum Gasteiger partial charge on any atom is -0.490 e. The molecule has 0 aliphatic heterocycles. The second-order valence-electron chi connectivity index (χ2n) is 5.61. The molecule has 6 heteroatoms. The number of carbonyl (C=O) groups is 2. The second kappa shape index (κ2) is 8.73. The molecule has 2 aromatic rings. The normalized spacial score (nSPS) is 11.4. The van der Waals surface area contributed by atoms with E-state index < -0.39 is 11.9 Å². The van der Waals surface area contributed by atoms with Crippen LogP contribution < -0.4 is 10.1 Å². The third kappa shape index (κ3) is 5.24. The van der Waals surface area contributed by atoms with Crippen molar-refractivity contribution in [1.29, 1.82) is 0 Å². The first kappa shape index (κ1) is 18.3. The molecule has 1 aromatic carbocycles. The Balaban J connectivity index is 1.88. The van der Waals surface area contributed by atoms with Crippen LogP contribution in [-0.4, -0.2) is 36.4 Å². The van der Waals surface area contributed by atoms with Gasteiger partial charge < -0.3 is 19.4 Å². The summed E-state index contributed by atoms with van der Waals surface area (Å²) in [6.07, 6.45) is 3.09. The van der Waals surface area contributed by atoms with Crippen LogP contribution in [0, 0.1) is 0 Å². The smallest absolute Gasteiger partial charge is 0.287 e. The van der Waals surface area contributed by atoms with Gasteiger partial charge in [-0.2, -0.15) is 0 Å². The molecule has 0 fully saturated rings. The van der Waals surface area contributed by atoms with Crippen LogP contribution in [0.4, 0.5) is 0 Å². The number of carbonyl (C=O) groups excluding carboxylic acids is 2. The lowest BCUT2D eigenvalue weighted by Crippen LogP contribution is -2.45. The first-order valence-electron chi connectivity index (χ1n) is 7.93. The predicted molar refractivity (Wildman–Crippen MR) is 94.2 cm³/mol. The van der Waals surface area contributed by atoms with Crippen LogP contribution in [0.15, 0.2) is 59.7 Å². The minimum atomic E-state index is -0.655. The summed E-state index contributed by atoms with van der Waals surface area (Å²) in [7, 11) is 1.69. The highest BCUT2D eigenvalue weighted by molar-refractivity contribution is 5.95. The van der Waals surface area contributed by atoms with E-state index >= 15 is 0 Å². The molecule has 1 atom stereocenters. The van der Waals surface area contributed by atoms with E-state index in [9.17, 15) is 9.59 Å². The highest BCUT2D eigenvalue weighted by Crippen LogP contribution is 2.13. The van der Waals surface area contributed by atoms with Crippen molar-refractivity contribution in [3.8, 4) is 5.75 Å². The van der Waals surface area contributed by atoms with Crippen LogP contribution in [0.3, 0.4) is 0 Å². The molecule has 25 heavy (non-hydrogen) atoms. The molecule has 1 N–H and O–H groups in total. The summed E-state index contributed by atoms with van der Waals surface area (Å²) in [4.78, 5) is 25.9. The average Bonchev–Trinajstić information content (AvgIpc) is 3.15. The highest BCUT2D eigenvalue weighted by atomic mass is 16.5. The van der Waals surface area contributed by atoms with E-state index in [1.807, 2.05) is 24.3 Å². The maximum atomic E-state index is 12.4. The number of amides is 2. The van der Waals surface area contributed by atoms with Crippen LogP contribution in [0.1, 0.15) is 23.0 Å².